The van der Waals surface area contributed by atoms with Gasteiger partial charge in [0.25, 0.3) is 0 Å². The SMILES string of the molecule is Cc1cccc2c1N1c3c(c#ccc3Cc3cccc(C)c31)C2. The maximum Gasteiger partial charge on any atom is 0.0622 e. The Morgan fingerprint density at radius 1 is 0.783 bits per heavy atom. The van der Waals surface area contributed by atoms with E-state index in [9.17, 15) is 0 Å². The number of nitrogens with zero attached hydrogens (tertiary/aromatic N) is 1. The van der Waals surface area contributed by atoms with Crippen LogP contribution in [-0.2, 0) is 12.8 Å². The summed E-state index contributed by atoms with van der Waals surface area (Å²) in [6.07, 6.45) is 1.94. The van der Waals surface area contributed by atoms with Gasteiger partial charge in [-0.25, -0.2) is 0 Å². The first kappa shape index (κ1) is 12.8. The van der Waals surface area contributed by atoms with Crippen LogP contribution in [0.2, 0.25) is 0 Å². The molecule has 0 N–H and O–H groups in total. The third kappa shape index (κ3) is 1.64. The van der Waals surface area contributed by atoms with Crippen molar-refractivity contribution in [3.63, 3.8) is 0 Å². The van der Waals surface area contributed by atoms with Crippen LogP contribution in [0.1, 0.15) is 33.4 Å². The number of benzene rings is 2. The van der Waals surface area contributed by atoms with Gasteiger partial charge in [0.1, 0.15) is 0 Å². The Bertz CT molecular complexity index is 846. The highest BCUT2D eigenvalue weighted by molar-refractivity contribution is 5.91. The van der Waals surface area contributed by atoms with Crippen LogP contribution in [0.5, 0.6) is 0 Å². The Morgan fingerprint density at radius 2 is 1.43 bits per heavy atom. The van der Waals surface area contributed by atoms with Gasteiger partial charge in [-0.3, -0.25) is 0 Å². The highest BCUT2D eigenvalue weighted by Gasteiger charge is 2.32. The molecule has 2 aliphatic heterocycles. The van der Waals surface area contributed by atoms with Crippen molar-refractivity contribution in [1.82, 2.24) is 0 Å². The van der Waals surface area contributed by atoms with Crippen molar-refractivity contribution in [2.45, 2.75) is 26.7 Å². The second kappa shape index (κ2) is 4.40. The normalized spacial score (nSPS) is 13.7. The fourth-order valence-electron chi connectivity index (χ4n) is 4.17. The minimum atomic E-state index is 0.953. The molecule has 0 saturated carbocycles. The Kier molecular flexibility index (Phi) is 2.44. The van der Waals surface area contributed by atoms with Crippen LogP contribution < -0.4 is 4.90 Å². The van der Waals surface area contributed by atoms with Gasteiger partial charge in [0.15, 0.2) is 0 Å². The Morgan fingerprint density at radius 3 is 2.13 bits per heavy atom. The molecule has 2 heterocycles. The second-order valence-corrected chi connectivity index (χ2v) is 6.62. The molecule has 0 saturated heterocycles. The van der Waals surface area contributed by atoms with Crippen LogP contribution >= 0.6 is 0 Å². The van der Waals surface area contributed by atoms with Gasteiger partial charge in [0.05, 0.1) is 17.1 Å². The smallest absolute Gasteiger partial charge is 0.0622 e. The summed E-state index contributed by atoms with van der Waals surface area (Å²) in [6, 6.07) is 22.0. The molecule has 1 nitrogen and oxygen atoms in total. The lowest BCUT2D eigenvalue weighted by Crippen LogP contribution is -2.25. The molecule has 0 aliphatic carbocycles. The Labute approximate surface area is 137 Å². The van der Waals surface area contributed by atoms with E-state index in [1.807, 2.05) is 0 Å². The molecule has 3 aromatic carbocycles. The van der Waals surface area contributed by atoms with Gasteiger partial charge in [-0.2, -0.15) is 0 Å². The monoisotopic (exact) mass is 295 g/mol. The molecule has 23 heavy (non-hydrogen) atoms. The zero-order valence-corrected chi connectivity index (χ0v) is 13.4. The van der Waals surface area contributed by atoms with Crippen molar-refractivity contribution in [1.29, 1.82) is 0 Å². The molecule has 0 aromatic heterocycles. The van der Waals surface area contributed by atoms with Crippen molar-refractivity contribution in [3.8, 4) is 0 Å². The summed E-state index contributed by atoms with van der Waals surface area (Å²) in [4.78, 5) is 2.48. The van der Waals surface area contributed by atoms with Crippen molar-refractivity contribution in [2.75, 3.05) is 4.90 Å². The highest BCUT2D eigenvalue weighted by atomic mass is 15.2. The maximum atomic E-state index is 3.37. The molecule has 110 valence electrons. The quantitative estimate of drug-likeness (QED) is 0.380. The van der Waals surface area contributed by atoms with E-state index in [1.165, 1.54) is 50.4 Å². The molecule has 0 unspecified atom stereocenters. The first-order valence-electron chi connectivity index (χ1n) is 8.15. The molecule has 0 radical (unpaired) electrons. The number of para-hydroxylation sites is 2. The number of anilines is 3. The standard InChI is InChI=1S/C22H17N/c1-14-6-3-8-16-12-18-10-5-11-19-13-17-9-4-7-15(2)21(17)23(20(14)16)22(18)19/h3-4,6-10H,12-13H2,1-2H3. The minimum Gasteiger partial charge on any atom is -0.308 e. The number of aryl methyl sites for hydroxylation is 2. The van der Waals surface area contributed by atoms with Crippen molar-refractivity contribution >= 4 is 17.1 Å². The molecular weight excluding hydrogens is 278 g/mol. The molecule has 5 rings (SSSR count). The van der Waals surface area contributed by atoms with Gasteiger partial charge in [-0.1, -0.05) is 48.5 Å². The molecule has 1 heteroatoms. The highest BCUT2D eigenvalue weighted by Crippen LogP contribution is 2.51. The third-order valence-electron chi connectivity index (χ3n) is 5.12. The third-order valence-corrected chi connectivity index (χ3v) is 5.12. The predicted octanol–water partition coefficient (Wildman–Crippen LogP) is 5.18. The number of rotatable bonds is 0. The summed E-state index contributed by atoms with van der Waals surface area (Å²) in [5.41, 5.74) is 12.2. The first-order valence-corrected chi connectivity index (χ1v) is 8.15. The fraction of sp³-hybridized carbons (Fsp3) is 0.182. The number of hydrogen-bond acceptors (Lipinski definition) is 1. The summed E-state index contributed by atoms with van der Waals surface area (Å²) in [5.74, 6) is 0. The zero-order chi connectivity index (χ0) is 15.6. The van der Waals surface area contributed by atoms with Crippen LogP contribution in [-0.4, -0.2) is 0 Å². The predicted molar refractivity (Wildman–Crippen MR) is 93.9 cm³/mol. The van der Waals surface area contributed by atoms with Gasteiger partial charge in [-0.15, -0.1) is 0 Å². The average molecular weight is 295 g/mol. The van der Waals surface area contributed by atoms with Gasteiger partial charge in [0.2, 0.25) is 0 Å². The van der Waals surface area contributed by atoms with Crippen LogP contribution in [0.25, 0.3) is 0 Å². The van der Waals surface area contributed by atoms with Crippen LogP contribution in [0.15, 0.2) is 42.5 Å². The van der Waals surface area contributed by atoms with Gasteiger partial charge >= 0.3 is 0 Å². The molecule has 0 atom stereocenters. The van der Waals surface area contributed by atoms with Crippen LogP contribution in [0, 0.1) is 26.0 Å². The minimum absolute atomic E-state index is 0.953. The van der Waals surface area contributed by atoms with E-state index >= 15 is 0 Å². The summed E-state index contributed by atoms with van der Waals surface area (Å²) in [5, 5.41) is 0. The summed E-state index contributed by atoms with van der Waals surface area (Å²) >= 11 is 0. The fourth-order valence-corrected chi connectivity index (χ4v) is 4.17. The lowest BCUT2D eigenvalue weighted by molar-refractivity contribution is 1.00. The zero-order valence-electron chi connectivity index (χ0n) is 13.4. The number of hydrogen-bond donors (Lipinski definition) is 0. The molecular formula is C22H17N. The van der Waals surface area contributed by atoms with Gasteiger partial charge in [0, 0.05) is 18.4 Å². The lowest BCUT2D eigenvalue weighted by atomic mass is 9.85. The maximum absolute atomic E-state index is 3.37. The molecule has 0 amide bonds. The van der Waals surface area contributed by atoms with E-state index in [1.54, 1.807) is 0 Å². The van der Waals surface area contributed by atoms with E-state index in [4.69, 9.17) is 0 Å². The largest absolute Gasteiger partial charge is 0.308 e. The van der Waals surface area contributed by atoms with E-state index < -0.39 is 0 Å². The second-order valence-electron chi connectivity index (χ2n) is 6.62. The van der Waals surface area contributed by atoms with Crippen molar-refractivity contribution < 1.29 is 0 Å². The van der Waals surface area contributed by atoms with Crippen molar-refractivity contribution in [3.05, 3.63) is 88.0 Å². The summed E-state index contributed by atoms with van der Waals surface area (Å²) in [6.45, 7) is 4.43. The Hall–Kier alpha value is -2.72. The number of fused-ring (bicyclic) bond motifs is 4. The topological polar surface area (TPSA) is 3.24 Å². The summed E-state index contributed by atoms with van der Waals surface area (Å²) < 4.78 is 0. The Balaban J connectivity index is 1.91. The molecule has 0 spiro atoms. The van der Waals surface area contributed by atoms with E-state index in [0.29, 0.717) is 0 Å². The molecule has 0 fully saturated rings. The first-order chi connectivity index (χ1) is 11.2. The average Bonchev–Trinajstić information content (AvgIpc) is 2.55. The van der Waals surface area contributed by atoms with Crippen LogP contribution in [0.4, 0.5) is 17.1 Å². The van der Waals surface area contributed by atoms with E-state index in [0.717, 1.165) is 12.8 Å². The van der Waals surface area contributed by atoms with Crippen LogP contribution in [0.3, 0.4) is 0 Å². The van der Waals surface area contributed by atoms with Crippen molar-refractivity contribution in [2.24, 2.45) is 0 Å². The molecule has 2 aliphatic rings. The molecule has 3 aromatic rings. The summed E-state index contributed by atoms with van der Waals surface area (Å²) in [7, 11) is 0. The van der Waals surface area contributed by atoms with E-state index in [2.05, 4.69) is 73.3 Å². The molecule has 0 bridgehead atoms. The van der Waals surface area contributed by atoms with Gasteiger partial charge in [-0.05, 0) is 47.7 Å². The van der Waals surface area contributed by atoms with Gasteiger partial charge < -0.3 is 4.90 Å². The lowest BCUT2D eigenvalue weighted by Gasteiger charge is -2.40. The van der Waals surface area contributed by atoms with E-state index in [-0.39, 0.29) is 0 Å².